The number of hydrogen-bond donors (Lipinski definition) is 2. The summed E-state index contributed by atoms with van der Waals surface area (Å²) in [5, 5.41) is 18.2. The zero-order valence-corrected chi connectivity index (χ0v) is 7.02. The number of ether oxygens (including phenoxy) is 1. The summed E-state index contributed by atoms with van der Waals surface area (Å²) in [5.41, 5.74) is 0. The van der Waals surface area contributed by atoms with Gasteiger partial charge in [-0.25, -0.2) is 0 Å². The van der Waals surface area contributed by atoms with E-state index in [-0.39, 0.29) is 18.8 Å². The molecule has 12 heavy (non-hydrogen) atoms. The molecule has 4 nitrogen and oxygen atoms in total. The monoisotopic (exact) mass is 173 g/mol. The van der Waals surface area contributed by atoms with Gasteiger partial charge < -0.3 is 14.9 Å². The van der Waals surface area contributed by atoms with Gasteiger partial charge in [-0.05, 0) is 0 Å². The number of hydrogen-bond acceptors (Lipinski definition) is 4. The summed E-state index contributed by atoms with van der Waals surface area (Å²) < 4.78 is 5.14. The zero-order chi connectivity index (χ0) is 8.55. The molecular formula is C8H15NO3. The van der Waals surface area contributed by atoms with E-state index in [0.29, 0.717) is 19.1 Å². The fourth-order valence-corrected chi connectivity index (χ4v) is 1.88. The summed E-state index contributed by atoms with van der Waals surface area (Å²) in [4.78, 5) is 2.18. The number of aliphatic hydroxyl groups excluding tert-OH is 2. The third-order valence-electron chi connectivity index (χ3n) is 2.73. The Morgan fingerprint density at radius 3 is 2.58 bits per heavy atom. The van der Waals surface area contributed by atoms with Crippen LogP contribution in [0.1, 0.15) is 0 Å². The fourth-order valence-electron chi connectivity index (χ4n) is 1.88. The predicted molar refractivity (Wildman–Crippen MR) is 42.8 cm³/mol. The average molecular weight is 173 g/mol. The van der Waals surface area contributed by atoms with E-state index < -0.39 is 0 Å². The van der Waals surface area contributed by atoms with E-state index in [1.807, 2.05) is 0 Å². The highest BCUT2D eigenvalue weighted by Gasteiger charge is 2.38. The maximum absolute atomic E-state index is 9.45. The second kappa shape index (κ2) is 3.30. The third kappa shape index (κ3) is 1.35. The average Bonchev–Trinajstić information content (AvgIpc) is 2.35. The first kappa shape index (κ1) is 8.44. The SMILES string of the molecule is OCC1CN(C2COCC2O)C1. The van der Waals surface area contributed by atoms with Crippen LogP contribution in [0.2, 0.25) is 0 Å². The Kier molecular flexibility index (Phi) is 2.32. The molecular weight excluding hydrogens is 158 g/mol. The minimum absolute atomic E-state index is 0.174. The Bertz CT molecular complexity index is 158. The van der Waals surface area contributed by atoms with Crippen molar-refractivity contribution in [1.82, 2.24) is 4.90 Å². The fraction of sp³-hybridized carbons (Fsp3) is 1.00. The third-order valence-corrected chi connectivity index (χ3v) is 2.73. The second-order valence-corrected chi connectivity index (χ2v) is 3.67. The van der Waals surface area contributed by atoms with Crippen molar-refractivity contribution < 1.29 is 14.9 Å². The molecule has 0 spiro atoms. The second-order valence-electron chi connectivity index (χ2n) is 3.67. The summed E-state index contributed by atoms with van der Waals surface area (Å²) in [7, 11) is 0. The molecule has 2 saturated heterocycles. The molecule has 2 heterocycles. The molecule has 0 aliphatic carbocycles. The van der Waals surface area contributed by atoms with Gasteiger partial charge in [-0.3, -0.25) is 4.90 Å². The number of aliphatic hydroxyl groups is 2. The molecule has 2 aliphatic rings. The van der Waals surface area contributed by atoms with Gasteiger partial charge in [0.1, 0.15) is 0 Å². The van der Waals surface area contributed by atoms with Crippen molar-refractivity contribution in [3.63, 3.8) is 0 Å². The Balaban J connectivity index is 1.79. The molecule has 2 fully saturated rings. The standard InChI is InChI=1S/C8H15NO3/c10-3-6-1-9(2-6)7-4-12-5-8(7)11/h6-8,10-11H,1-5H2. The van der Waals surface area contributed by atoms with Crippen molar-refractivity contribution in [1.29, 1.82) is 0 Å². The minimum Gasteiger partial charge on any atom is -0.396 e. The molecule has 0 amide bonds. The highest BCUT2D eigenvalue weighted by atomic mass is 16.5. The van der Waals surface area contributed by atoms with E-state index in [1.165, 1.54) is 0 Å². The van der Waals surface area contributed by atoms with Crippen LogP contribution < -0.4 is 0 Å². The zero-order valence-electron chi connectivity index (χ0n) is 7.02. The largest absolute Gasteiger partial charge is 0.396 e. The first-order chi connectivity index (χ1) is 5.81. The molecule has 70 valence electrons. The molecule has 2 atom stereocenters. The molecule has 2 unspecified atom stereocenters. The van der Waals surface area contributed by atoms with Crippen molar-refractivity contribution in [3.05, 3.63) is 0 Å². The number of rotatable bonds is 2. The van der Waals surface area contributed by atoms with Crippen LogP contribution in [0.5, 0.6) is 0 Å². The van der Waals surface area contributed by atoms with Gasteiger partial charge in [0.05, 0.1) is 25.4 Å². The molecule has 0 radical (unpaired) electrons. The molecule has 0 aromatic rings. The normalized spacial score (nSPS) is 38.5. The molecule has 4 heteroatoms. The van der Waals surface area contributed by atoms with Crippen molar-refractivity contribution in [2.24, 2.45) is 5.92 Å². The van der Waals surface area contributed by atoms with Crippen molar-refractivity contribution in [2.45, 2.75) is 12.1 Å². The van der Waals surface area contributed by atoms with Gasteiger partial charge in [0.25, 0.3) is 0 Å². The maximum atomic E-state index is 9.45. The van der Waals surface area contributed by atoms with E-state index in [4.69, 9.17) is 9.84 Å². The van der Waals surface area contributed by atoms with Crippen LogP contribution in [-0.2, 0) is 4.74 Å². The predicted octanol–water partition coefficient (Wildman–Crippen LogP) is -1.33. The van der Waals surface area contributed by atoms with Gasteiger partial charge in [0, 0.05) is 25.6 Å². The lowest BCUT2D eigenvalue weighted by Gasteiger charge is -2.42. The molecule has 2 N–H and O–H groups in total. The molecule has 0 aromatic carbocycles. The lowest BCUT2D eigenvalue weighted by atomic mass is 9.97. The van der Waals surface area contributed by atoms with Crippen LogP contribution in [0, 0.1) is 5.92 Å². The minimum atomic E-state index is -0.329. The molecule has 0 bridgehead atoms. The van der Waals surface area contributed by atoms with Crippen LogP contribution in [0.4, 0.5) is 0 Å². The first-order valence-corrected chi connectivity index (χ1v) is 4.42. The first-order valence-electron chi connectivity index (χ1n) is 4.42. The van der Waals surface area contributed by atoms with Gasteiger partial charge in [0.15, 0.2) is 0 Å². The van der Waals surface area contributed by atoms with Crippen molar-refractivity contribution >= 4 is 0 Å². The summed E-state index contributed by atoms with van der Waals surface area (Å²) in [6, 6.07) is 0.174. The van der Waals surface area contributed by atoms with Crippen LogP contribution in [0.15, 0.2) is 0 Å². The molecule has 0 aromatic heterocycles. The smallest absolute Gasteiger partial charge is 0.0950 e. The molecule has 2 rings (SSSR count). The van der Waals surface area contributed by atoms with Crippen LogP contribution in [0.3, 0.4) is 0 Å². The van der Waals surface area contributed by atoms with Crippen molar-refractivity contribution in [2.75, 3.05) is 32.9 Å². The maximum Gasteiger partial charge on any atom is 0.0950 e. The number of likely N-dealkylation sites (tertiary alicyclic amines) is 1. The molecule has 0 saturated carbocycles. The Morgan fingerprint density at radius 2 is 2.08 bits per heavy atom. The quantitative estimate of drug-likeness (QED) is 0.543. The lowest BCUT2D eigenvalue weighted by molar-refractivity contribution is -0.0136. The highest BCUT2D eigenvalue weighted by Crippen LogP contribution is 2.22. The molecule has 2 aliphatic heterocycles. The Hall–Kier alpha value is -0.160. The lowest BCUT2D eigenvalue weighted by Crippen LogP contribution is -2.56. The van der Waals surface area contributed by atoms with Gasteiger partial charge >= 0.3 is 0 Å². The summed E-state index contributed by atoms with van der Waals surface area (Å²) in [6.07, 6.45) is -0.329. The van der Waals surface area contributed by atoms with E-state index in [0.717, 1.165) is 13.1 Å². The van der Waals surface area contributed by atoms with E-state index in [2.05, 4.69) is 4.90 Å². The van der Waals surface area contributed by atoms with Gasteiger partial charge in [-0.15, -0.1) is 0 Å². The summed E-state index contributed by atoms with van der Waals surface area (Å²) in [6.45, 7) is 3.17. The van der Waals surface area contributed by atoms with Crippen LogP contribution in [-0.4, -0.2) is 60.2 Å². The Labute approximate surface area is 71.7 Å². The highest BCUT2D eigenvalue weighted by molar-refractivity contribution is 4.91. The summed E-state index contributed by atoms with van der Waals surface area (Å²) >= 11 is 0. The van der Waals surface area contributed by atoms with Gasteiger partial charge in [-0.2, -0.15) is 0 Å². The van der Waals surface area contributed by atoms with E-state index in [9.17, 15) is 5.11 Å². The van der Waals surface area contributed by atoms with Gasteiger partial charge in [-0.1, -0.05) is 0 Å². The van der Waals surface area contributed by atoms with E-state index in [1.54, 1.807) is 0 Å². The Morgan fingerprint density at radius 1 is 1.33 bits per heavy atom. The van der Waals surface area contributed by atoms with Crippen LogP contribution >= 0.6 is 0 Å². The summed E-state index contributed by atoms with van der Waals surface area (Å²) in [5.74, 6) is 0.415. The van der Waals surface area contributed by atoms with Crippen molar-refractivity contribution in [3.8, 4) is 0 Å². The number of nitrogens with zero attached hydrogens (tertiary/aromatic N) is 1. The van der Waals surface area contributed by atoms with E-state index >= 15 is 0 Å². The topological polar surface area (TPSA) is 52.9 Å². The van der Waals surface area contributed by atoms with Gasteiger partial charge in [0.2, 0.25) is 0 Å². The van der Waals surface area contributed by atoms with Crippen LogP contribution in [0.25, 0.3) is 0 Å².